The van der Waals surface area contributed by atoms with Gasteiger partial charge in [-0.25, -0.2) is 9.78 Å². The maximum Gasteiger partial charge on any atom is 0.322 e. The zero-order chi connectivity index (χ0) is 16.6. The number of benzene rings is 1. The Hall–Kier alpha value is -2.48. The predicted octanol–water partition coefficient (Wildman–Crippen LogP) is 3.26. The zero-order valence-corrected chi connectivity index (χ0v) is 14.2. The fourth-order valence-corrected chi connectivity index (χ4v) is 3.37. The maximum absolute atomic E-state index is 12.5. The van der Waals surface area contributed by atoms with Crippen LogP contribution in [0.15, 0.2) is 18.2 Å². The third-order valence-corrected chi connectivity index (χ3v) is 4.73. The van der Waals surface area contributed by atoms with E-state index in [0.29, 0.717) is 16.7 Å². The second-order valence-corrected chi connectivity index (χ2v) is 6.80. The SMILES string of the molecule is Cc1nc(C(C)N(C)C(=O)Nc2cccc3n[nH]nc23)c(C)s1. The Labute approximate surface area is 137 Å². The topological polar surface area (TPSA) is 86.8 Å². The molecule has 0 fully saturated rings. The molecule has 0 spiro atoms. The first-order valence-corrected chi connectivity index (χ1v) is 8.06. The number of aromatic nitrogens is 4. The molecule has 2 amide bonds. The van der Waals surface area contributed by atoms with Crippen LogP contribution in [0.25, 0.3) is 11.0 Å². The fourth-order valence-electron chi connectivity index (χ4n) is 2.46. The molecule has 0 aliphatic carbocycles. The van der Waals surface area contributed by atoms with E-state index >= 15 is 0 Å². The summed E-state index contributed by atoms with van der Waals surface area (Å²) in [5.74, 6) is 0. The Morgan fingerprint density at radius 2 is 2.13 bits per heavy atom. The van der Waals surface area contributed by atoms with Gasteiger partial charge < -0.3 is 10.2 Å². The van der Waals surface area contributed by atoms with Crippen LogP contribution in [0.4, 0.5) is 10.5 Å². The first-order valence-electron chi connectivity index (χ1n) is 7.24. The number of carbonyl (C=O) groups is 1. The van der Waals surface area contributed by atoms with Crippen LogP contribution in [0.5, 0.6) is 0 Å². The van der Waals surface area contributed by atoms with E-state index in [1.54, 1.807) is 29.4 Å². The highest BCUT2D eigenvalue weighted by molar-refractivity contribution is 7.11. The molecule has 2 aromatic heterocycles. The molecule has 0 aliphatic rings. The number of hydrogen-bond donors (Lipinski definition) is 2. The average molecular weight is 330 g/mol. The van der Waals surface area contributed by atoms with Crippen LogP contribution >= 0.6 is 11.3 Å². The molecule has 0 saturated carbocycles. The van der Waals surface area contributed by atoms with Crippen LogP contribution < -0.4 is 5.32 Å². The largest absolute Gasteiger partial charge is 0.322 e. The Morgan fingerprint density at radius 3 is 2.83 bits per heavy atom. The highest BCUT2D eigenvalue weighted by atomic mass is 32.1. The van der Waals surface area contributed by atoms with Crippen molar-refractivity contribution in [3.63, 3.8) is 0 Å². The molecule has 0 saturated heterocycles. The maximum atomic E-state index is 12.5. The molecule has 23 heavy (non-hydrogen) atoms. The first-order chi connectivity index (χ1) is 11.0. The van der Waals surface area contributed by atoms with Crippen LogP contribution in [0.2, 0.25) is 0 Å². The average Bonchev–Trinajstić information content (AvgIpc) is 3.12. The van der Waals surface area contributed by atoms with Gasteiger partial charge in [0.1, 0.15) is 11.0 Å². The normalized spacial score (nSPS) is 12.3. The standard InChI is InChI=1S/C15H18N6OS/c1-8(13-9(2)23-10(3)16-13)21(4)15(22)17-11-6-5-7-12-14(11)19-20-18-12/h5-8H,1-4H3,(H,17,22)(H,18,19,20). The van der Waals surface area contributed by atoms with E-state index < -0.39 is 0 Å². The van der Waals surface area contributed by atoms with Gasteiger partial charge in [0.05, 0.1) is 22.4 Å². The van der Waals surface area contributed by atoms with Gasteiger partial charge in [0.2, 0.25) is 0 Å². The van der Waals surface area contributed by atoms with Crippen molar-refractivity contribution in [1.82, 2.24) is 25.3 Å². The van der Waals surface area contributed by atoms with E-state index in [0.717, 1.165) is 15.6 Å². The van der Waals surface area contributed by atoms with Gasteiger partial charge in [-0.15, -0.1) is 11.3 Å². The van der Waals surface area contributed by atoms with Crippen LogP contribution in [-0.2, 0) is 0 Å². The van der Waals surface area contributed by atoms with E-state index in [9.17, 15) is 4.79 Å². The number of H-pyrrole nitrogens is 1. The number of aromatic amines is 1. The lowest BCUT2D eigenvalue weighted by Crippen LogP contribution is -2.34. The molecule has 8 heteroatoms. The minimum atomic E-state index is -0.210. The lowest BCUT2D eigenvalue weighted by atomic mass is 10.2. The van der Waals surface area contributed by atoms with E-state index in [1.807, 2.05) is 32.9 Å². The van der Waals surface area contributed by atoms with E-state index in [4.69, 9.17) is 0 Å². The van der Waals surface area contributed by atoms with Crippen molar-refractivity contribution >= 4 is 34.1 Å². The summed E-state index contributed by atoms with van der Waals surface area (Å²) in [5.41, 5.74) is 2.92. The smallest absolute Gasteiger partial charge is 0.319 e. The van der Waals surface area contributed by atoms with Gasteiger partial charge in [0.25, 0.3) is 0 Å². The molecule has 7 nitrogen and oxygen atoms in total. The number of carbonyl (C=O) groups excluding carboxylic acids is 1. The van der Waals surface area contributed by atoms with Gasteiger partial charge in [-0.05, 0) is 32.9 Å². The summed E-state index contributed by atoms with van der Waals surface area (Å²) < 4.78 is 0. The number of hydrogen-bond acceptors (Lipinski definition) is 5. The molecule has 0 aliphatic heterocycles. The Balaban J connectivity index is 1.80. The van der Waals surface area contributed by atoms with E-state index in [2.05, 4.69) is 25.7 Å². The molecule has 2 N–H and O–H groups in total. The van der Waals surface area contributed by atoms with Gasteiger partial charge in [-0.3, -0.25) is 0 Å². The van der Waals surface area contributed by atoms with Crippen molar-refractivity contribution in [3.05, 3.63) is 33.8 Å². The Morgan fingerprint density at radius 1 is 1.35 bits per heavy atom. The molecule has 3 rings (SSSR count). The number of thiazole rings is 1. The molecule has 0 bridgehead atoms. The second kappa shape index (κ2) is 5.96. The van der Waals surface area contributed by atoms with Crippen LogP contribution in [0, 0.1) is 13.8 Å². The minimum absolute atomic E-state index is 0.114. The summed E-state index contributed by atoms with van der Waals surface area (Å²) >= 11 is 1.64. The molecule has 0 radical (unpaired) electrons. The van der Waals surface area contributed by atoms with Gasteiger partial charge in [0, 0.05) is 11.9 Å². The molecule has 1 unspecified atom stereocenters. The summed E-state index contributed by atoms with van der Waals surface area (Å²) in [7, 11) is 1.76. The third kappa shape index (κ3) is 2.89. The van der Waals surface area contributed by atoms with Gasteiger partial charge in [-0.2, -0.15) is 15.4 Å². The number of rotatable bonds is 3. The third-order valence-electron chi connectivity index (χ3n) is 3.83. The van der Waals surface area contributed by atoms with Crippen LogP contribution in [-0.4, -0.2) is 38.4 Å². The number of fused-ring (bicyclic) bond motifs is 1. The number of nitrogens with zero attached hydrogens (tertiary/aromatic N) is 4. The summed E-state index contributed by atoms with van der Waals surface area (Å²) in [6.07, 6.45) is 0. The summed E-state index contributed by atoms with van der Waals surface area (Å²) in [6.45, 7) is 5.97. The quantitative estimate of drug-likeness (QED) is 0.771. The number of amides is 2. The monoisotopic (exact) mass is 330 g/mol. The van der Waals surface area contributed by atoms with Crippen molar-refractivity contribution in [2.24, 2.45) is 0 Å². The molecule has 1 atom stereocenters. The van der Waals surface area contributed by atoms with Gasteiger partial charge in [0.15, 0.2) is 0 Å². The lowest BCUT2D eigenvalue weighted by Gasteiger charge is -2.24. The molecule has 120 valence electrons. The fraction of sp³-hybridized carbons (Fsp3) is 0.333. The van der Waals surface area contributed by atoms with E-state index in [1.165, 1.54) is 0 Å². The van der Waals surface area contributed by atoms with Crippen molar-refractivity contribution in [2.75, 3.05) is 12.4 Å². The summed E-state index contributed by atoms with van der Waals surface area (Å²) in [6, 6.07) is 5.15. The number of anilines is 1. The predicted molar refractivity (Wildman–Crippen MR) is 90.7 cm³/mol. The van der Waals surface area contributed by atoms with Crippen molar-refractivity contribution in [3.8, 4) is 0 Å². The van der Waals surface area contributed by atoms with Crippen molar-refractivity contribution in [1.29, 1.82) is 0 Å². The van der Waals surface area contributed by atoms with Crippen LogP contribution in [0.3, 0.4) is 0 Å². The molecule has 3 aromatic rings. The molecule has 2 heterocycles. The van der Waals surface area contributed by atoms with Crippen molar-refractivity contribution < 1.29 is 4.79 Å². The highest BCUT2D eigenvalue weighted by Crippen LogP contribution is 2.27. The zero-order valence-electron chi connectivity index (χ0n) is 13.4. The molecule has 1 aromatic carbocycles. The number of para-hydroxylation sites is 1. The number of urea groups is 1. The number of nitrogens with one attached hydrogen (secondary N) is 2. The first kappa shape index (κ1) is 15.4. The summed E-state index contributed by atoms with van der Waals surface area (Å²) in [5, 5.41) is 14.5. The molecular formula is C15H18N6OS. The minimum Gasteiger partial charge on any atom is -0.319 e. The van der Waals surface area contributed by atoms with Gasteiger partial charge in [-0.1, -0.05) is 6.07 Å². The Bertz CT molecular complexity index is 855. The highest BCUT2D eigenvalue weighted by Gasteiger charge is 2.22. The summed E-state index contributed by atoms with van der Waals surface area (Å²) in [4.78, 5) is 19.8. The number of aryl methyl sites for hydroxylation is 2. The van der Waals surface area contributed by atoms with Crippen LogP contribution in [0.1, 0.15) is 28.5 Å². The van der Waals surface area contributed by atoms with Crippen molar-refractivity contribution in [2.45, 2.75) is 26.8 Å². The Kier molecular flexibility index (Phi) is 3.99. The second-order valence-electron chi connectivity index (χ2n) is 5.39. The van der Waals surface area contributed by atoms with E-state index in [-0.39, 0.29) is 12.1 Å². The molecular weight excluding hydrogens is 312 g/mol. The van der Waals surface area contributed by atoms with Gasteiger partial charge >= 0.3 is 6.03 Å². The lowest BCUT2D eigenvalue weighted by molar-refractivity contribution is 0.207.